The number of nitrogens with zero attached hydrogens (tertiary/aromatic N) is 2. The second kappa shape index (κ2) is 8.68. The zero-order valence-corrected chi connectivity index (χ0v) is 14.9. The van der Waals surface area contributed by atoms with Crippen LogP contribution in [0.4, 0.5) is 4.39 Å². The van der Waals surface area contributed by atoms with E-state index in [2.05, 4.69) is 10.3 Å². The number of halogens is 1. The van der Waals surface area contributed by atoms with Gasteiger partial charge in [0.05, 0.1) is 19.1 Å². The second-order valence-corrected chi connectivity index (χ2v) is 6.77. The van der Waals surface area contributed by atoms with E-state index in [1.54, 1.807) is 34.3 Å². The molecule has 0 saturated carbocycles. The predicted molar refractivity (Wildman–Crippen MR) is 94.2 cm³/mol. The fraction of sp³-hybridized carbons (Fsp3) is 0.353. The third-order valence-electron chi connectivity index (χ3n) is 3.61. The second-order valence-electron chi connectivity index (χ2n) is 5.90. The van der Waals surface area contributed by atoms with Crippen molar-refractivity contribution < 1.29 is 14.0 Å². The van der Waals surface area contributed by atoms with Gasteiger partial charge in [-0.2, -0.15) is 4.99 Å². The molecule has 2 rings (SSSR count). The van der Waals surface area contributed by atoms with Crippen LogP contribution in [-0.2, 0) is 16.1 Å². The van der Waals surface area contributed by atoms with Crippen LogP contribution in [0.3, 0.4) is 0 Å². The first kappa shape index (κ1) is 19.0. The van der Waals surface area contributed by atoms with Crippen LogP contribution in [-0.4, -0.2) is 29.0 Å². The van der Waals surface area contributed by atoms with Gasteiger partial charge >= 0.3 is 0 Å². The average molecular weight is 364 g/mol. The van der Waals surface area contributed by atoms with E-state index in [1.165, 1.54) is 17.4 Å². The van der Waals surface area contributed by atoms with Gasteiger partial charge in [0.15, 0.2) is 4.80 Å². The number of amides is 2. The van der Waals surface area contributed by atoms with Crippen molar-refractivity contribution in [2.75, 3.05) is 6.54 Å². The minimum Gasteiger partial charge on any atom is -0.346 e. The monoisotopic (exact) mass is 364 g/mol. The molecule has 0 aliphatic heterocycles. The number of thiazole rings is 1. The minimum atomic E-state index is -0.666. The molecule has 0 fully saturated rings. The van der Waals surface area contributed by atoms with E-state index in [9.17, 15) is 14.0 Å². The van der Waals surface area contributed by atoms with Crippen molar-refractivity contribution in [2.24, 2.45) is 16.6 Å². The van der Waals surface area contributed by atoms with Crippen LogP contribution in [0.5, 0.6) is 0 Å². The Bertz CT molecular complexity index is 813. The lowest BCUT2D eigenvalue weighted by atomic mass is 10.1. The number of nitrogens with one attached hydrogen (secondary N) is 1. The zero-order chi connectivity index (χ0) is 18.4. The summed E-state index contributed by atoms with van der Waals surface area (Å²) in [4.78, 5) is 28.2. The quantitative estimate of drug-likeness (QED) is 0.809. The minimum absolute atomic E-state index is 0.0211. The molecule has 0 aliphatic rings. The Hall–Kier alpha value is -2.32. The standard InChI is InChI=1S/C17H21FN4O2S/c1-11(2)15(19)16(24)20-9-14(23)21-17-22(7-8-25-17)10-12-5-3-4-6-13(12)18/h3-8,11,15H,9-10,19H2,1-2H3,(H,20,24)/t15-/m0/s1. The van der Waals surface area contributed by atoms with Gasteiger partial charge in [0, 0.05) is 17.1 Å². The zero-order valence-electron chi connectivity index (χ0n) is 14.1. The maximum atomic E-state index is 13.8. The van der Waals surface area contributed by atoms with Crippen molar-refractivity contribution in [2.45, 2.75) is 26.4 Å². The van der Waals surface area contributed by atoms with Gasteiger partial charge in [-0.3, -0.25) is 9.59 Å². The van der Waals surface area contributed by atoms with E-state index in [0.29, 0.717) is 10.4 Å². The van der Waals surface area contributed by atoms with Crippen LogP contribution >= 0.6 is 11.3 Å². The Labute approximate surface area is 149 Å². The van der Waals surface area contributed by atoms with Gasteiger partial charge in [0.1, 0.15) is 5.82 Å². The summed E-state index contributed by atoms with van der Waals surface area (Å²) < 4.78 is 15.4. The summed E-state index contributed by atoms with van der Waals surface area (Å²) in [7, 11) is 0. The fourth-order valence-corrected chi connectivity index (χ4v) is 2.79. The van der Waals surface area contributed by atoms with E-state index in [-0.39, 0.29) is 30.7 Å². The molecular weight excluding hydrogens is 343 g/mol. The number of hydrogen-bond acceptors (Lipinski definition) is 4. The Balaban J connectivity index is 2.04. The molecule has 3 N–H and O–H groups in total. The van der Waals surface area contributed by atoms with Crippen LogP contribution in [0.2, 0.25) is 0 Å². The molecule has 0 bridgehead atoms. The van der Waals surface area contributed by atoms with Crippen LogP contribution in [0.25, 0.3) is 0 Å². The highest BCUT2D eigenvalue weighted by molar-refractivity contribution is 7.07. The maximum absolute atomic E-state index is 13.8. The van der Waals surface area contributed by atoms with Crippen molar-refractivity contribution >= 4 is 23.2 Å². The summed E-state index contributed by atoms with van der Waals surface area (Å²) in [5.74, 6) is -1.21. The van der Waals surface area contributed by atoms with Crippen LogP contribution in [0.15, 0.2) is 40.8 Å². The first-order valence-electron chi connectivity index (χ1n) is 7.86. The van der Waals surface area contributed by atoms with E-state index < -0.39 is 11.9 Å². The smallest absolute Gasteiger partial charge is 0.267 e. The highest BCUT2D eigenvalue weighted by Gasteiger charge is 2.17. The number of carbonyl (C=O) groups excluding carboxylic acids is 2. The van der Waals surface area contributed by atoms with Gasteiger partial charge < -0.3 is 15.6 Å². The Morgan fingerprint density at radius 2 is 2.08 bits per heavy atom. The van der Waals surface area contributed by atoms with Gasteiger partial charge in [0.2, 0.25) is 5.91 Å². The molecular formula is C17H21FN4O2S. The molecule has 1 aromatic heterocycles. The number of benzene rings is 1. The molecule has 2 amide bonds. The molecule has 0 spiro atoms. The largest absolute Gasteiger partial charge is 0.346 e. The van der Waals surface area contributed by atoms with E-state index in [1.807, 2.05) is 13.8 Å². The summed E-state index contributed by atoms with van der Waals surface area (Å²) in [5, 5.41) is 4.25. The summed E-state index contributed by atoms with van der Waals surface area (Å²) in [6.45, 7) is 3.70. The van der Waals surface area contributed by atoms with E-state index in [0.717, 1.165) is 0 Å². The third-order valence-corrected chi connectivity index (χ3v) is 4.41. The normalized spacial score (nSPS) is 13.1. The fourth-order valence-electron chi connectivity index (χ4n) is 2.05. The number of nitrogens with two attached hydrogens (primary N) is 1. The van der Waals surface area contributed by atoms with Crippen LogP contribution in [0, 0.1) is 11.7 Å². The predicted octanol–water partition coefficient (Wildman–Crippen LogP) is 1.26. The molecule has 6 nitrogen and oxygen atoms in total. The number of rotatable bonds is 6. The summed E-state index contributed by atoms with van der Waals surface area (Å²) in [6.07, 6.45) is 1.73. The molecule has 25 heavy (non-hydrogen) atoms. The molecule has 134 valence electrons. The van der Waals surface area contributed by atoms with Gasteiger partial charge in [-0.15, -0.1) is 11.3 Å². The molecule has 1 heterocycles. The Morgan fingerprint density at radius 1 is 1.36 bits per heavy atom. The lowest BCUT2D eigenvalue weighted by Gasteiger charge is -2.14. The van der Waals surface area contributed by atoms with Crippen LogP contribution < -0.4 is 15.9 Å². The molecule has 2 aromatic rings. The number of carbonyl (C=O) groups is 2. The van der Waals surface area contributed by atoms with Crippen molar-refractivity contribution in [1.29, 1.82) is 0 Å². The van der Waals surface area contributed by atoms with Crippen LogP contribution in [0.1, 0.15) is 19.4 Å². The first-order chi connectivity index (χ1) is 11.9. The highest BCUT2D eigenvalue weighted by Crippen LogP contribution is 2.08. The molecule has 0 unspecified atom stereocenters. The van der Waals surface area contributed by atoms with Gasteiger partial charge in [0.25, 0.3) is 5.91 Å². The third kappa shape index (κ3) is 5.33. The maximum Gasteiger partial charge on any atom is 0.267 e. The number of hydrogen-bond donors (Lipinski definition) is 2. The molecule has 1 atom stereocenters. The topological polar surface area (TPSA) is 89.5 Å². The first-order valence-corrected chi connectivity index (χ1v) is 8.74. The number of aromatic nitrogens is 1. The van der Waals surface area contributed by atoms with Gasteiger partial charge in [-0.25, -0.2) is 4.39 Å². The summed E-state index contributed by atoms with van der Waals surface area (Å²) >= 11 is 1.26. The molecule has 1 aromatic carbocycles. The van der Waals surface area contributed by atoms with Crippen molar-refractivity contribution in [3.8, 4) is 0 Å². The lowest BCUT2D eigenvalue weighted by Crippen LogP contribution is -2.45. The van der Waals surface area contributed by atoms with Crippen molar-refractivity contribution in [3.05, 3.63) is 52.0 Å². The molecule has 0 radical (unpaired) electrons. The highest BCUT2D eigenvalue weighted by atomic mass is 32.1. The van der Waals surface area contributed by atoms with E-state index in [4.69, 9.17) is 5.73 Å². The van der Waals surface area contributed by atoms with Gasteiger partial charge in [-0.1, -0.05) is 32.0 Å². The van der Waals surface area contributed by atoms with Crippen molar-refractivity contribution in [1.82, 2.24) is 9.88 Å². The molecule has 8 heteroatoms. The lowest BCUT2D eigenvalue weighted by molar-refractivity contribution is -0.126. The molecule has 0 saturated heterocycles. The van der Waals surface area contributed by atoms with Gasteiger partial charge in [-0.05, 0) is 12.0 Å². The summed E-state index contributed by atoms with van der Waals surface area (Å²) in [5.41, 5.74) is 6.22. The Kier molecular flexibility index (Phi) is 6.60. The Morgan fingerprint density at radius 3 is 2.76 bits per heavy atom. The average Bonchev–Trinajstić information content (AvgIpc) is 3.00. The molecule has 0 aliphatic carbocycles. The van der Waals surface area contributed by atoms with E-state index >= 15 is 0 Å². The van der Waals surface area contributed by atoms with Crippen molar-refractivity contribution in [3.63, 3.8) is 0 Å². The summed E-state index contributed by atoms with van der Waals surface area (Å²) in [6, 6.07) is 5.77. The SMILES string of the molecule is CC(C)[C@H](N)C(=O)NCC(=O)N=c1sccn1Cc1ccccc1F.